The average molecular weight is 333 g/mol. The molecule has 0 spiro atoms. The van der Waals surface area contributed by atoms with E-state index in [0.717, 1.165) is 11.1 Å². The van der Waals surface area contributed by atoms with Crippen LogP contribution in [0.2, 0.25) is 5.02 Å². The van der Waals surface area contributed by atoms with Crippen LogP contribution in [0.4, 0.5) is 5.69 Å². The Kier molecular flexibility index (Phi) is 5.60. The van der Waals surface area contributed by atoms with Gasteiger partial charge < -0.3 is 15.8 Å². The first-order valence-electron chi connectivity index (χ1n) is 7.00. The second-order valence-corrected chi connectivity index (χ2v) is 5.45. The van der Waals surface area contributed by atoms with Gasteiger partial charge in [-0.2, -0.15) is 0 Å². The Balaban J connectivity index is 1.84. The molecule has 0 bridgehead atoms. The Morgan fingerprint density at radius 2 is 1.96 bits per heavy atom. The first-order chi connectivity index (χ1) is 11.0. The molecule has 0 aliphatic heterocycles. The van der Waals surface area contributed by atoms with Gasteiger partial charge in [-0.05, 0) is 36.2 Å². The van der Waals surface area contributed by atoms with Crippen molar-refractivity contribution in [3.63, 3.8) is 0 Å². The first-order valence-corrected chi connectivity index (χ1v) is 7.38. The second kappa shape index (κ2) is 7.65. The highest BCUT2D eigenvalue weighted by Crippen LogP contribution is 2.18. The van der Waals surface area contributed by atoms with E-state index in [4.69, 9.17) is 22.1 Å². The van der Waals surface area contributed by atoms with Gasteiger partial charge in [-0.1, -0.05) is 35.9 Å². The van der Waals surface area contributed by atoms with Crippen LogP contribution in [0.1, 0.15) is 21.5 Å². The lowest BCUT2D eigenvalue weighted by atomic mass is 10.1. The number of hydrogen-bond donors (Lipinski definition) is 2. The summed E-state index contributed by atoms with van der Waals surface area (Å²) in [7, 11) is 0. The van der Waals surface area contributed by atoms with Gasteiger partial charge in [-0.3, -0.25) is 4.79 Å². The van der Waals surface area contributed by atoms with Gasteiger partial charge >= 0.3 is 5.97 Å². The van der Waals surface area contributed by atoms with E-state index in [9.17, 15) is 9.59 Å². The van der Waals surface area contributed by atoms with E-state index in [1.165, 1.54) is 18.2 Å². The van der Waals surface area contributed by atoms with E-state index in [2.05, 4.69) is 5.32 Å². The summed E-state index contributed by atoms with van der Waals surface area (Å²) in [5.74, 6) is -1.04. The molecule has 0 aromatic heterocycles. The Hall–Kier alpha value is -2.53. The number of anilines is 1. The molecule has 1 amide bonds. The topological polar surface area (TPSA) is 81.4 Å². The van der Waals surface area contributed by atoms with Gasteiger partial charge in [0.2, 0.25) is 0 Å². The van der Waals surface area contributed by atoms with Crippen molar-refractivity contribution in [3.8, 4) is 0 Å². The van der Waals surface area contributed by atoms with Crippen LogP contribution in [0, 0.1) is 6.92 Å². The van der Waals surface area contributed by atoms with Crippen molar-refractivity contribution in [2.24, 2.45) is 0 Å². The lowest BCUT2D eigenvalue weighted by Crippen LogP contribution is -2.28. The number of ether oxygens (including phenoxy) is 1. The number of nitrogen functional groups attached to an aromatic ring is 1. The second-order valence-electron chi connectivity index (χ2n) is 5.01. The van der Waals surface area contributed by atoms with E-state index >= 15 is 0 Å². The third-order valence-electron chi connectivity index (χ3n) is 3.31. The van der Waals surface area contributed by atoms with Crippen LogP contribution in [0.15, 0.2) is 42.5 Å². The molecule has 5 nitrogen and oxygen atoms in total. The van der Waals surface area contributed by atoms with Gasteiger partial charge in [-0.15, -0.1) is 0 Å². The van der Waals surface area contributed by atoms with Crippen LogP contribution >= 0.6 is 11.6 Å². The van der Waals surface area contributed by atoms with E-state index in [0.29, 0.717) is 11.6 Å². The summed E-state index contributed by atoms with van der Waals surface area (Å²) in [4.78, 5) is 23.6. The molecule has 0 aliphatic carbocycles. The number of carbonyl (C=O) groups is 2. The molecule has 0 fully saturated rings. The Morgan fingerprint density at radius 1 is 1.22 bits per heavy atom. The van der Waals surface area contributed by atoms with Crippen LogP contribution in [-0.4, -0.2) is 18.5 Å². The number of carbonyl (C=O) groups excluding carboxylic acids is 2. The zero-order valence-corrected chi connectivity index (χ0v) is 13.4. The third kappa shape index (κ3) is 4.72. The van der Waals surface area contributed by atoms with Gasteiger partial charge in [-0.25, -0.2) is 4.79 Å². The quantitative estimate of drug-likeness (QED) is 0.651. The number of nitrogens with two attached hydrogens (primary N) is 1. The Labute approximate surface area is 139 Å². The standard InChI is InChI=1S/C17H17ClN2O3/c1-11-4-2-3-5-12(11)9-20-16(21)10-23-17(22)14-7-6-13(18)8-15(14)19/h2-8H,9-10,19H2,1H3,(H,20,21). The molecule has 120 valence electrons. The number of nitrogens with one attached hydrogen (secondary N) is 1. The minimum Gasteiger partial charge on any atom is -0.452 e. The van der Waals surface area contributed by atoms with Crippen LogP contribution in [0.25, 0.3) is 0 Å². The fraction of sp³-hybridized carbons (Fsp3) is 0.176. The molecule has 2 aromatic rings. The SMILES string of the molecule is Cc1ccccc1CNC(=O)COC(=O)c1ccc(Cl)cc1N. The number of esters is 1. The maximum absolute atomic E-state index is 11.9. The lowest BCUT2D eigenvalue weighted by molar-refractivity contribution is -0.124. The van der Waals surface area contributed by atoms with Crippen molar-refractivity contribution in [2.75, 3.05) is 12.3 Å². The molecule has 0 radical (unpaired) electrons. The summed E-state index contributed by atoms with van der Waals surface area (Å²) in [5.41, 5.74) is 8.18. The highest BCUT2D eigenvalue weighted by atomic mass is 35.5. The molecule has 0 aliphatic rings. The number of halogens is 1. The smallest absolute Gasteiger partial charge is 0.340 e. The predicted octanol–water partition coefficient (Wildman–Crippen LogP) is 2.70. The van der Waals surface area contributed by atoms with Crippen molar-refractivity contribution in [1.82, 2.24) is 5.32 Å². The van der Waals surface area contributed by atoms with Crippen molar-refractivity contribution >= 4 is 29.2 Å². The molecule has 2 rings (SSSR count). The summed E-state index contributed by atoms with van der Waals surface area (Å²) < 4.78 is 4.96. The number of rotatable bonds is 5. The van der Waals surface area contributed by atoms with E-state index in [-0.39, 0.29) is 23.8 Å². The fourth-order valence-electron chi connectivity index (χ4n) is 1.98. The van der Waals surface area contributed by atoms with Gasteiger partial charge in [0, 0.05) is 17.3 Å². The van der Waals surface area contributed by atoms with Gasteiger partial charge in [0.25, 0.3) is 5.91 Å². The van der Waals surface area contributed by atoms with E-state index < -0.39 is 5.97 Å². The minimum absolute atomic E-state index is 0.182. The highest BCUT2D eigenvalue weighted by Gasteiger charge is 2.13. The minimum atomic E-state index is -0.662. The number of hydrogen-bond acceptors (Lipinski definition) is 4. The molecule has 0 saturated heterocycles. The molecule has 3 N–H and O–H groups in total. The fourth-order valence-corrected chi connectivity index (χ4v) is 2.16. The van der Waals surface area contributed by atoms with E-state index in [1.54, 1.807) is 0 Å². The molecule has 0 saturated carbocycles. The zero-order chi connectivity index (χ0) is 16.8. The molecule has 0 atom stereocenters. The molecular formula is C17H17ClN2O3. The number of amides is 1. The normalized spacial score (nSPS) is 10.2. The maximum Gasteiger partial charge on any atom is 0.340 e. The first kappa shape index (κ1) is 16.8. The highest BCUT2D eigenvalue weighted by molar-refractivity contribution is 6.31. The Morgan fingerprint density at radius 3 is 2.65 bits per heavy atom. The number of benzene rings is 2. The summed E-state index contributed by atoms with van der Waals surface area (Å²) in [6.45, 7) is 1.98. The molecular weight excluding hydrogens is 316 g/mol. The van der Waals surface area contributed by atoms with Crippen LogP contribution in [0.5, 0.6) is 0 Å². The third-order valence-corrected chi connectivity index (χ3v) is 3.54. The molecule has 6 heteroatoms. The lowest BCUT2D eigenvalue weighted by Gasteiger charge is -2.09. The van der Waals surface area contributed by atoms with E-state index in [1.807, 2.05) is 31.2 Å². The van der Waals surface area contributed by atoms with Crippen molar-refractivity contribution in [1.29, 1.82) is 0 Å². The molecule has 23 heavy (non-hydrogen) atoms. The van der Waals surface area contributed by atoms with Crippen LogP contribution < -0.4 is 11.1 Å². The molecule has 2 aromatic carbocycles. The summed E-state index contributed by atoms with van der Waals surface area (Å²) in [6, 6.07) is 12.2. The van der Waals surface area contributed by atoms with Crippen molar-refractivity contribution in [2.45, 2.75) is 13.5 Å². The van der Waals surface area contributed by atoms with Gasteiger partial charge in [0.1, 0.15) is 0 Å². The van der Waals surface area contributed by atoms with Crippen molar-refractivity contribution in [3.05, 3.63) is 64.2 Å². The summed E-state index contributed by atoms with van der Waals surface area (Å²) in [5, 5.41) is 3.13. The molecule has 0 heterocycles. The molecule has 0 unspecified atom stereocenters. The Bertz CT molecular complexity index is 732. The van der Waals surface area contributed by atoms with Crippen LogP contribution in [-0.2, 0) is 16.1 Å². The van der Waals surface area contributed by atoms with Crippen molar-refractivity contribution < 1.29 is 14.3 Å². The zero-order valence-electron chi connectivity index (χ0n) is 12.6. The predicted molar refractivity (Wildman–Crippen MR) is 89.2 cm³/mol. The maximum atomic E-state index is 11.9. The van der Waals surface area contributed by atoms with Gasteiger partial charge in [0.05, 0.1) is 5.56 Å². The number of aryl methyl sites for hydroxylation is 1. The summed E-state index contributed by atoms with van der Waals surface area (Å²) in [6.07, 6.45) is 0. The van der Waals surface area contributed by atoms with Crippen LogP contribution in [0.3, 0.4) is 0 Å². The van der Waals surface area contributed by atoms with Gasteiger partial charge in [0.15, 0.2) is 6.61 Å². The average Bonchev–Trinajstić information content (AvgIpc) is 2.52. The largest absolute Gasteiger partial charge is 0.452 e. The monoisotopic (exact) mass is 332 g/mol. The summed E-state index contributed by atoms with van der Waals surface area (Å²) >= 11 is 5.77.